The summed E-state index contributed by atoms with van der Waals surface area (Å²) in [5.74, 6) is -2.16. The molecule has 5 rings (SSSR count). The highest BCUT2D eigenvalue weighted by atomic mass is 19.1. The van der Waals surface area contributed by atoms with Crippen molar-refractivity contribution in [1.29, 1.82) is 0 Å². The Hall–Kier alpha value is -3.13. The number of alkyl halides is 1. The van der Waals surface area contributed by atoms with Crippen LogP contribution < -0.4 is 5.43 Å². The van der Waals surface area contributed by atoms with Crippen LogP contribution in [0.4, 0.5) is 8.78 Å². The van der Waals surface area contributed by atoms with Crippen molar-refractivity contribution in [2.45, 2.75) is 31.7 Å². The fourth-order valence-corrected chi connectivity index (χ4v) is 4.01. The second-order valence-electron chi connectivity index (χ2n) is 7.75. The van der Waals surface area contributed by atoms with Crippen molar-refractivity contribution in [3.05, 3.63) is 63.2 Å². The summed E-state index contributed by atoms with van der Waals surface area (Å²) in [5, 5.41) is 9.14. The van der Waals surface area contributed by atoms with Gasteiger partial charge >= 0.3 is 5.97 Å². The second-order valence-corrected chi connectivity index (χ2v) is 7.75. The Balaban J connectivity index is 1.74. The number of benzene rings is 1. The van der Waals surface area contributed by atoms with E-state index >= 15 is 0 Å². The zero-order valence-electron chi connectivity index (χ0n) is 15.5. The minimum absolute atomic E-state index is 0.0575. The molecule has 0 radical (unpaired) electrons. The molecule has 1 aliphatic carbocycles. The standard InChI is InChI=1S/C21H17F2N3O3/c1-25-7-11-3-2-10(4-12(11)8-25)18-16(23)5-13-19(27)14(21(28)29)9-26(20(13)24-18)17-6-15(17)22/h2-5,9,15,17H,6-8H2,1H3,(H,28,29)/t15-,17+/m0/s1. The van der Waals surface area contributed by atoms with E-state index in [1.165, 1.54) is 10.1 Å². The summed E-state index contributed by atoms with van der Waals surface area (Å²) in [7, 11) is 2.00. The van der Waals surface area contributed by atoms with Crippen LogP contribution in [0.15, 0.2) is 35.3 Å². The first-order valence-corrected chi connectivity index (χ1v) is 9.27. The maximum atomic E-state index is 14.9. The van der Waals surface area contributed by atoms with Crippen molar-refractivity contribution in [2.75, 3.05) is 7.05 Å². The lowest BCUT2D eigenvalue weighted by atomic mass is 10.0. The molecule has 0 spiro atoms. The minimum atomic E-state index is -1.44. The third kappa shape index (κ3) is 2.82. The van der Waals surface area contributed by atoms with Gasteiger partial charge in [-0.1, -0.05) is 12.1 Å². The summed E-state index contributed by atoms with van der Waals surface area (Å²) in [5.41, 5.74) is 1.61. The van der Waals surface area contributed by atoms with Crippen LogP contribution in [0, 0.1) is 5.82 Å². The number of fused-ring (bicyclic) bond motifs is 2. The van der Waals surface area contributed by atoms with Gasteiger partial charge in [0.15, 0.2) is 0 Å². The van der Waals surface area contributed by atoms with Crippen LogP contribution in [0.5, 0.6) is 0 Å². The summed E-state index contributed by atoms with van der Waals surface area (Å²) in [4.78, 5) is 30.5. The number of aromatic nitrogens is 2. The number of pyridine rings is 2. The van der Waals surface area contributed by atoms with E-state index in [1.54, 1.807) is 6.07 Å². The van der Waals surface area contributed by atoms with Gasteiger partial charge in [-0.05, 0) is 30.3 Å². The minimum Gasteiger partial charge on any atom is -0.477 e. The van der Waals surface area contributed by atoms with Crippen molar-refractivity contribution in [3.8, 4) is 11.3 Å². The first kappa shape index (κ1) is 17.9. The highest BCUT2D eigenvalue weighted by Gasteiger charge is 2.40. The molecular formula is C21H17F2N3O3. The van der Waals surface area contributed by atoms with Crippen molar-refractivity contribution in [1.82, 2.24) is 14.5 Å². The predicted octanol–water partition coefficient (Wildman–Crippen LogP) is 3.13. The molecular weight excluding hydrogens is 380 g/mol. The summed E-state index contributed by atoms with van der Waals surface area (Å²) >= 11 is 0. The van der Waals surface area contributed by atoms with E-state index in [1.807, 2.05) is 19.2 Å². The highest BCUT2D eigenvalue weighted by molar-refractivity contribution is 5.92. The van der Waals surface area contributed by atoms with Gasteiger partial charge in [0.1, 0.15) is 28.9 Å². The largest absolute Gasteiger partial charge is 0.477 e. The number of nitrogens with zero attached hydrogens (tertiary/aromatic N) is 3. The van der Waals surface area contributed by atoms with Gasteiger partial charge in [0, 0.05) is 31.3 Å². The molecule has 2 aliphatic rings. The van der Waals surface area contributed by atoms with Crippen LogP contribution in [0.3, 0.4) is 0 Å². The highest BCUT2D eigenvalue weighted by Crippen LogP contribution is 2.40. The number of halogens is 2. The Kier molecular flexibility index (Phi) is 3.82. The molecule has 0 amide bonds. The number of carboxylic acids is 1. The van der Waals surface area contributed by atoms with Gasteiger partial charge in [0.2, 0.25) is 5.43 Å². The van der Waals surface area contributed by atoms with E-state index in [9.17, 15) is 23.5 Å². The Morgan fingerprint density at radius 1 is 1.24 bits per heavy atom. The molecule has 0 unspecified atom stereocenters. The van der Waals surface area contributed by atoms with E-state index < -0.39 is 35.0 Å². The summed E-state index contributed by atoms with van der Waals surface area (Å²) < 4.78 is 30.0. The van der Waals surface area contributed by atoms with E-state index in [0.29, 0.717) is 5.56 Å². The van der Waals surface area contributed by atoms with Crippen molar-refractivity contribution >= 4 is 17.0 Å². The van der Waals surface area contributed by atoms with E-state index in [0.717, 1.165) is 30.9 Å². The molecule has 1 saturated carbocycles. The molecule has 0 bridgehead atoms. The van der Waals surface area contributed by atoms with Crippen LogP contribution in [-0.4, -0.2) is 38.7 Å². The third-order valence-electron chi connectivity index (χ3n) is 5.59. The lowest BCUT2D eigenvalue weighted by Crippen LogP contribution is -2.20. The Bertz CT molecular complexity index is 1250. The van der Waals surface area contributed by atoms with E-state index in [-0.39, 0.29) is 23.1 Å². The first-order valence-electron chi connectivity index (χ1n) is 9.27. The number of hydrogen-bond acceptors (Lipinski definition) is 4. The number of rotatable bonds is 3. The zero-order valence-corrected chi connectivity index (χ0v) is 15.5. The van der Waals surface area contributed by atoms with Gasteiger partial charge in [-0.15, -0.1) is 0 Å². The van der Waals surface area contributed by atoms with Crippen molar-refractivity contribution < 1.29 is 18.7 Å². The summed E-state index contributed by atoms with van der Waals surface area (Å²) in [6.45, 7) is 1.57. The molecule has 2 aromatic heterocycles. The molecule has 148 valence electrons. The molecule has 8 heteroatoms. The molecule has 1 aromatic carbocycles. The van der Waals surface area contributed by atoms with Crippen LogP contribution in [0.2, 0.25) is 0 Å². The zero-order chi connectivity index (χ0) is 20.4. The Morgan fingerprint density at radius 2 is 1.97 bits per heavy atom. The molecule has 1 aliphatic heterocycles. The summed E-state index contributed by atoms with van der Waals surface area (Å²) in [6, 6.07) is 5.99. The van der Waals surface area contributed by atoms with Crippen molar-refractivity contribution in [2.24, 2.45) is 0 Å². The van der Waals surface area contributed by atoms with E-state index in [4.69, 9.17) is 0 Å². The lowest BCUT2D eigenvalue weighted by molar-refractivity contribution is 0.0694. The molecule has 3 aromatic rings. The Labute approximate surface area is 164 Å². The normalized spacial score (nSPS) is 20.8. The Morgan fingerprint density at radius 3 is 2.66 bits per heavy atom. The quantitative estimate of drug-likeness (QED) is 0.735. The van der Waals surface area contributed by atoms with Crippen LogP contribution >= 0.6 is 0 Å². The molecule has 1 fully saturated rings. The third-order valence-corrected chi connectivity index (χ3v) is 5.59. The maximum absolute atomic E-state index is 14.9. The molecule has 1 N–H and O–H groups in total. The van der Waals surface area contributed by atoms with Gasteiger partial charge in [0.05, 0.1) is 11.4 Å². The number of aromatic carboxylic acids is 1. The number of carbonyl (C=O) groups is 1. The molecule has 0 saturated heterocycles. The lowest BCUT2D eigenvalue weighted by Gasteiger charge is -2.13. The van der Waals surface area contributed by atoms with E-state index in [2.05, 4.69) is 9.88 Å². The van der Waals surface area contributed by atoms with Gasteiger partial charge in [-0.25, -0.2) is 18.6 Å². The predicted molar refractivity (Wildman–Crippen MR) is 102 cm³/mol. The van der Waals surface area contributed by atoms with Gasteiger partial charge in [-0.3, -0.25) is 9.69 Å². The molecule has 29 heavy (non-hydrogen) atoms. The average Bonchev–Trinajstić information content (AvgIpc) is 3.27. The maximum Gasteiger partial charge on any atom is 0.341 e. The number of hydrogen-bond donors (Lipinski definition) is 1. The molecule has 2 atom stereocenters. The molecule has 6 nitrogen and oxygen atoms in total. The second kappa shape index (κ2) is 6.18. The van der Waals surface area contributed by atoms with Crippen LogP contribution in [0.1, 0.15) is 33.9 Å². The summed E-state index contributed by atoms with van der Waals surface area (Å²) in [6.07, 6.45) is 0.174. The first-order chi connectivity index (χ1) is 13.8. The van der Waals surface area contributed by atoms with Gasteiger partial charge < -0.3 is 9.67 Å². The van der Waals surface area contributed by atoms with Crippen molar-refractivity contribution in [3.63, 3.8) is 0 Å². The monoisotopic (exact) mass is 397 g/mol. The topological polar surface area (TPSA) is 75.4 Å². The SMILES string of the molecule is CN1Cc2ccc(-c3nc4c(cc3F)c(=O)c(C(=O)O)cn4[C@@H]3C[C@@H]3F)cc2C1. The number of carboxylic acid groups (broad SMARTS) is 1. The van der Waals surface area contributed by atoms with Crippen LogP contribution in [-0.2, 0) is 13.1 Å². The van der Waals surface area contributed by atoms with Gasteiger partial charge in [0.25, 0.3) is 0 Å². The molecule has 3 heterocycles. The van der Waals surface area contributed by atoms with Gasteiger partial charge in [-0.2, -0.15) is 0 Å². The fraction of sp³-hybridized carbons (Fsp3) is 0.286. The van der Waals surface area contributed by atoms with Crippen LogP contribution in [0.25, 0.3) is 22.3 Å². The smallest absolute Gasteiger partial charge is 0.341 e. The fourth-order valence-electron chi connectivity index (χ4n) is 4.01. The average molecular weight is 397 g/mol.